The summed E-state index contributed by atoms with van der Waals surface area (Å²) in [5.41, 5.74) is 2.51. The molecule has 0 aliphatic heterocycles. The van der Waals surface area contributed by atoms with Crippen LogP contribution in [0.25, 0.3) is 11.0 Å². The Balaban J connectivity index is 1.86. The van der Waals surface area contributed by atoms with Crippen LogP contribution in [-0.4, -0.2) is 25.1 Å². The Hall–Kier alpha value is -2.68. The van der Waals surface area contributed by atoms with Crippen molar-refractivity contribution in [2.24, 2.45) is 7.05 Å². The lowest BCUT2D eigenvalue weighted by Gasteiger charge is -2.20. The Labute approximate surface area is 183 Å². The van der Waals surface area contributed by atoms with Gasteiger partial charge in [-0.25, -0.2) is 13.4 Å². The van der Waals surface area contributed by atoms with Crippen LogP contribution in [0.1, 0.15) is 17.4 Å². The van der Waals surface area contributed by atoms with Gasteiger partial charge in [-0.15, -0.1) is 0 Å². The number of methoxy groups -OCH3 is 1. The lowest BCUT2D eigenvalue weighted by atomic mass is 10.1. The van der Waals surface area contributed by atoms with Gasteiger partial charge in [0.25, 0.3) is 0 Å². The number of halogens is 1. The molecule has 4 aromatic rings. The van der Waals surface area contributed by atoms with Crippen molar-refractivity contribution in [2.75, 3.05) is 7.11 Å². The summed E-state index contributed by atoms with van der Waals surface area (Å²) in [5, 5.41) is 0. The van der Waals surface area contributed by atoms with E-state index in [9.17, 15) is 8.42 Å². The summed E-state index contributed by atoms with van der Waals surface area (Å²) in [6.07, 6.45) is 0. The molecular formula is C22H20BrN3O3S. The van der Waals surface area contributed by atoms with Crippen molar-refractivity contribution in [2.45, 2.75) is 10.9 Å². The number of rotatable bonds is 6. The zero-order valence-electron chi connectivity index (χ0n) is 16.4. The number of hydrogen-bond acceptors (Lipinski definition) is 4. The van der Waals surface area contributed by atoms with E-state index >= 15 is 0 Å². The van der Waals surface area contributed by atoms with E-state index in [-0.39, 0.29) is 10.6 Å². The Bertz CT molecular complexity index is 1300. The van der Waals surface area contributed by atoms with Crippen molar-refractivity contribution in [3.63, 3.8) is 0 Å². The van der Waals surface area contributed by atoms with Gasteiger partial charge in [0.1, 0.15) is 22.5 Å². The molecule has 1 heterocycles. The van der Waals surface area contributed by atoms with Gasteiger partial charge in [-0.3, -0.25) is 0 Å². The van der Waals surface area contributed by atoms with Crippen LogP contribution in [-0.2, 0) is 17.1 Å². The van der Waals surface area contributed by atoms with E-state index < -0.39 is 16.1 Å². The standard InChI is InChI=1S/C22H20BrN3O3S/c1-26-18-11-7-6-10-17(18)24-22(26)21(15-8-4-3-5-9-15)25-30(27,28)20-14-16(23)12-13-19(20)29-2/h3-14,21,25H,1-2H3/t21-/m1/s1. The number of hydrogen-bond donors (Lipinski definition) is 1. The summed E-state index contributed by atoms with van der Waals surface area (Å²) in [4.78, 5) is 4.78. The van der Waals surface area contributed by atoms with Crippen LogP contribution < -0.4 is 9.46 Å². The van der Waals surface area contributed by atoms with E-state index in [4.69, 9.17) is 9.72 Å². The van der Waals surface area contributed by atoms with Crippen molar-refractivity contribution in [3.05, 3.63) is 88.7 Å². The minimum absolute atomic E-state index is 0.0547. The van der Waals surface area contributed by atoms with E-state index in [1.54, 1.807) is 12.1 Å². The van der Waals surface area contributed by atoms with Crippen LogP contribution in [0.5, 0.6) is 5.75 Å². The first-order valence-corrected chi connectivity index (χ1v) is 11.5. The zero-order valence-corrected chi connectivity index (χ0v) is 18.8. The maximum absolute atomic E-state index is 13.4. The van der Waals surface area contributed by atoms with Crippen LogP contribution in [0.2, 0.25) is 0 Å². The molecule has 4 rings (SSSR count). The topological polar surface area (TPSA) is 73.2 Å². The summed E-state index contributed by atoms with van der Waals surface area (Å²) in [6.45, 7) is 0. The second-order valence-corrected chi connectivity index (χ2v) is 9.38. The summed E-state index contributed by atoms with van der Waals surface area (Å²) in [6, 6.07) is 21.3. The Morgan fingerprint density at radius 3 is 2.43 bits per heavy atom. The van der Waals surface area contributed by atoms with Crippen LogP contribution >= 0.6 is 15.9 Å². The number of sulfonamides is 1. The number of ether oxygens (including phenoxy) is 1. The maximum Gasteiger partial charge on any atom is 0.245 e. The molecular weight excluding hydrogens is 466 g/mol. The van der Waals surface area contributed by atoms with Crippen LogP contribution in [0, 0.1) is 0 Å². The fraction of sp³-hybridized carbons (Fsp3) is 0.136. The number of nitrogens with zero attached hydrogens (tertiary/aromatic N) is 2. The molecule has 0 unspecified atom stereocenters. The van der Waals surface area contributed by atoms with Crippen LogP contribution in [0.15, 0.2) is 82.2 Å². The summed E-state index contributed by atoms with van der Waals surface area (Å²) >= 11 is 3.34. The quantitative estimate of drug-likeness (QED) is 0.438. The molecule has 3 aromatic carbocycles. The van der Waals surface area contributed by atoms with Gasteiger partial charge < -0.3 is 9.30 Å². The molecule has 0 aliphatic rings. The highest BCUT2D eigenvalue weighted by atomic mass is 79.9. The van der Waals surface area contributed by atoms with Gasteiger partial charge >= 0.3 is 0 Å². The first-order chi connectivity index (χ1) is 14.4. The molecule has 0 amide bonds. The van der Waals surface area contributed by atoms with Crippen molar-refractivity contribution in [1.82, 2.24) is 14.3 Å². The molecule has 1 aromatic heterocycles. The molecule has 0 radical (unpaired) electrons. The minimum Gasteiger partial charge on any atom is -0.495 e. The summed E-state index contributed by atoms with van der Waals surface area (Å²) in [5.74, 6) is 0.863. The SMILES string of the molecule is COc1ccc(Br)cc1S(=O)(=O)N[C@H](c1ccccc1)c1nc2ccccc2n1C. The smallest absolute Gasteiger partial charge is 0.245 e. The molecule has 0 aliphatic carbocycles. The predicted molar refractivity (Wildman–Crippen MR) is 120 cm³/mol. The van der Waals surface area contributed by atoms with E-state index in [0.717, 1.165) is 16.6 Å². The number of aromatic nitrogens is 2. The Kier molecular flexibility index (Phi) is 5.64. The molecule has 1 atom stereocenters. The molecule has 0 fully saturated rings. The van der Waals surface area contributed by atoms with Crippen molar-refractivity contribution in [1.29, 1.82) is 0 Å². The molecule has 6 nitrogen and oxygen atoms in total. The van der Waals surface area contributed by atoms with Crippen molar-refractivity contribution in [3.8, 4) is 5.75 Å². The van der Waals surface area contributed by atoms with Gasteiger partial charge in [0, 0.05) is 11.5 Å². The van der Waals surface area contributed by atoms with E-state index in [1.807, 2.05) is 66.2 Å². The number of fused-ring (bicyclic) bond motifs is 1. The molecule has 30 heavy (non-hydrogen) atoms. The lowest BCUT2D eigenvalue weighted by Crippen LogP contribution is -2.31. The molecule has 0 bridgehead atoms. The average molecular weight is 486 g/mol. The van der Waals surface area contributed by atoms with Gasteiger partial charge in [0.2, 0.25) is 10.0 Å². The van der Waals surface area contributed by atoms with E-state index in [0.29, 0.717) is 10.3 Å². The Morgan fingerprint density at radius 2 is 1.73 bits per heavy atom. The second kappa shape index (κ2) is 8.22. The van der Waals surface area contributed by atoms with Crippen LogP contribution in [0.4, 0.5) is 0 Å². The average Bonchev–Trinajstić information content (AvgIpc) is 3.09. The molecule has 1 N–H and O–H groups in total. The predicted octanol–water partition coefficient (Wildman–Crippen LogP) is 4.41. The second-order valence-electron chi connectivity index (χ2n) is 6.78. The summed E-state index contributed by atoms with van der Waals surface area (Å²) < 4.78 is 37.5. The molecule has 0 spiro atoms. The number of imidazole rings is 1. The monoisotopic (exact) mass is 485 g/mol. The van der Waals surface area contributed by atoms with Crippen molar-refractivity contribution >= 4 is 37.0 Å². The Morgan fingerprint density at radius 1 is 1.03 bits per heavy atom. The number of benzene rings is 3. The minimum atomic E-state index is -3.93. The third kappa shape index (κ3) is 3.86. The number of aryl methyl sites for hydroxylation is 1. The van der Waals surface area contributed by atoms with Gasteiger partial charge in [-0.05, 0) is 35.9 Å². The molecule has 0 saturated heterocycles. The third-order valence-electron chi connectivity index (χ3n) is 4.90. The maximum atomic E-state index is 13.4. The van der Waals surface area contributed by atoms with E-state index in [2.05, 4.69) is 20.7 Å². The highest BCUT2D eigenvalue weighted by Gasteiger charge is 2.29. The highest BCUT2D eigenvalue weighted by Crippen LogP contribution is 2.31. The molecule has 0 saturated carbocycles. The van der Waals surface area contributed by atoms with Gasteiger partial charge in [0.15, 0.2) is 0 Å². The van der Waals surface area contributed by atoms with Gasteiger partial charge in [-0.1, -0.05) is 58.4 Å². The molecule has 8 heteroatoms. The first-order valence-electron chi connectivity index (χ1n) is 9.23. The lowest BCUT2D eigenvalue weighted by molar-refractivity contribution is 0.402. The molecule has 154 valence electrons. The normalized spacial score (nSPS) is 12.8. The third-order valence-corrected chi connectivity index (χ3v) is 6.84. The zero-order chi connectivity index (χ0) is 21.3. The summed E-state index contributed by atoms with van der Waals surface area (Å²) in [7, 11) is -0.603. The fourth-order valence-corrected chi connectivity index (χ4v) is 5.31. The van der Waals surface area contributed by atoms with Gasteiger partial charge in [0.05, 0.1) is 18.1 Å². The van der Waals surface area contributed by atoms with Crippen LogP contribution in [0.3, 0.4) is 0 Å². The number of para-hydroxylation sites is 2. The fourth-order valence-electron chi connectivity index (χ4n) is 3.42. The van der Waals surface area contributed by atoms with Crippen molar-refractivity contribution < 1.29 is 13.2 Å². The largest absolute Gasteiger partial charge is 0.495 e. The van der Waals surface area contributed by atoms with Gasteiger partial charge in [-0.2, -0.15) is 4.72 Å². The first kappa shape index (κ1) is 20.6. The van der Waals surface area contributed by atoms with E-state index in [1.165, 1.54) is 13.2 Å². The highest BCUT2D eigenvalue weighted by molar-refractivity contribution is 9.10. The number of nitrogens with one attached hydrogen (secondary N) is 1.